The van der Waals surface area contributed by atoms with Gasteiger partial charge in [0.2, 0.25) is 0 Å². The highest BCUT2D eigenvalue weighted by atomic mass is 35.5. The van der Waals surface area contributed by atoms with Gasteiger partial charge in [0.15, 0.2) is 5.65 Å². The molecule has 2 aromatic rings. The van der Waals surface area contributed by atoms with Gasteiger partial charge in [-0.2, -0.15) is 0 Å². The van der Waals surface area contributed by atoms with Gasteiger partial charge in [-0.1, -0.05) is 0 Å². The first-order chi connectivity index (χ1) is 11.5. The molecule has 4 rings (SSSR count). The second-order valence-corrected chi connectivity index (χ2v) is 7.35. The summed E-state index contributed by atoms with van der Waals surface area (Å²) in [6.07, 6.45) is 3.41. The molecule has 0 unspecified atom stereocenters. The number of carbonyl (C=O) groups is 1. The summed E-state index contributed by atoms with van der Waals surface area (Å²) >= 11 is 0. The van der Waals surface area contributed by atoms with Gasteiger partial charge in [0.05, 0.1) is 18.5 Å². The quantitative estimate of drug-likeness (QED) is 0.814. The SMILES string of the molecule is CC(C)n1cnc2cc(C(=O)N3C[C@@H]4CNC[C@]4(CO)C3)cnc21.Cl.Cl. The highest BCUT2D eigenvalue weighted by molar-refractivity contribution is 5.96. The van der Waals surface area contributed by atoms with Crippen LogP contribution in [0.4, 0.5) is 0 Å². The lowest BCUT2D eigenvalue weighted by atomic mass is 9.82. The molecule has 2 aliphatic rings. The molecule has 7 nitrogen and oxygen atoms in total. The number of aromatic nitrogens is 3. The summed E-state index contributed by atoms with van der Waals surface area (Å²) in [5.41, 5.74) is 1.92. The van der Waals surface area contributed by atoms with Crippen molar-refractivity contribution in [2.45, 2.75) is 19.9 Å². The molecule has 2 saturated heterocycles. The fourth-order valence-corrected chi connectivity index (χ4v) is 4.00. The van der Waals surface area contributed by atoms with Gasteiger partial charge in [0, 0.05) is 43.8 Å². The lowest BCUT2D eigenvalue weighted by Crippen LogP contribution is -2.37. The van der Waals surface area contributed by atoms with Crippen molar-refractivity contribution in [3.8, 4) is 0 Å². The number of carbonyl (C=O) groups excluding carboxylic acids is 1. The first-order valence-corrected chi connectivity index (χ1v) is 8.47. The van der Waals surface area contributed by atoms with Crippen LogP contribution in [0.2, 0.25) is 0 Å². The molecule has 0 saturated carbocycles. The first kappa shape index (κ1) is 20.9. The van der Waals surface area contributed by atoms with E-state index in [4.69, 9.17) is 0 Å². The molecule has 9 heteroatoms. The van der Waals surface area contributed by atoms with Crippen molar-refractivity contribution in [1.29, 1.82) is 0 Å². The maximum atomic E-state index is 12.9. The Labute approximate surface area is 165 Å². The van der Waals surface area contributed by atoms with E-state index in [0.29, 0.717) is 24.6 Å². The third-order valence-corrected chi connectivity index (χ3v) is 5.50. The van der Waals surface area contributed by atoms with Crippen LogP contribution in [0, 0.1) is 11.3 Å². The van der Waals surface area contributed by atoms with E-state index in [0.717, 1.165) is 24.3 Å². The number of amides is 1. The van der Waals surface area contributed by atoms with Crippen LogP contribution in [0.25, 0.3) is 11.2 Å². The van der Waals surface area contributed by atoms with E-state index in [-0.39, 0.29) is 48.8 Å². The standard InChI is InChI=1S/C17H23N5O2.2ClH/c1-11(2)22-10-20-14-3-12(4-19-15(14)22)16(24)21-6-13-5-18-7-17(13,8-21)9-23;;/h3-4,10-11,13,18,23H,5-9H2,1-2H3;2*1H/t13-,17+;;/m0../s1. The molecule has 2 atom stereocenters. The predicted molar refractivity (Wildman–Crippen MR) is 104 cm³/mol. The summed E-state index contributed by atoms with van der Waals surface area (Å²) in [6.45, 7) is 7.18. The summed E-state index contributed by atoms with van der Waals surface area (Å²) in [5, 5.41) is 13.1. The zero-order valence-electron chi connectivity index (χ0n) is 14.9. The third kappa shape index (κ3) is 3.17. The first-order valence-electron chi connectivity index (χ1n) is 8.47. The fourth-order valence-electron chi connectivity index (χ4n) is 4.00. The van der Waals surface area contributed by atoms with Crippen molar-refractivity contribution in [2.75, 3.05) is 32.8 Å². The van der Waals surface area contributed by atoms with Crippen molar-refractivity contribution in [3.05, 3.63) is 24.2 Å². The van der Waals surface area contributed by atoms with Crippen molar-refractivity contribution < 1.29 is 9.90 Å². The minimum absolute atomic E-state index is 0. The van der Waals surface area contributed by atoms with Gasteiger partial charge in [-0.15, -0.1) is 24.8 Å². The molecular weight excluding hydrogens is 377 g/mol. The van der Waals surface area contributed by atoms with E-state index in [1.54, 1.807) is 12.5 Å². The third-order valence-electron chi connectivity index (χ3n) is 5.50. The summed E-state index contributed by atoms with van der Waals surface area (Å²) in [5.74, 6) is 0.300. The molecule has 2 fully saturated rings. The van der Waals surface area contributed by atoms with Gasteiger partial charge < -0.3 is 19.9 Å². The molecule has 144 valence electrons. The van der Waals surface area contributed by atoms with Crippen LogP contribution in [0.3, 0.4) is 0 Å². The number of imidazole rings is 1. The van der Waals surface area contributed by atoms with Crippen molar-refractivity contribution >= 4 is 41.9 Å². The number of fused-ring (bicyclic) bond motifs is 2. The topological polar surface area (TPSA) is 83.3 Å². The van der Waals surface area contributed by atoms with Crippen LogP contribution >= 0.6 is 24.8 Å². The minimum Gasteiger partial charge on any atom is -0.396 e. The lowest BCUT2D eigenvalue weighted by Gasteiger charge is -2.25. The smallest absolute Gasteiger partial charge is 0.255 e. The zero-order chi connectivity index (χ0) is 16.9. The number of hydrogen-bond acceptors (Lipinski definition) is 5. The normalized spacial score (nSPS) is 24.5. The Morgan fingerprint density at radius 1 is 1.42 bits per heavy atom. The Bertz CT molecular complexity index is 797. The summed E-state index contributed by atoms with van der Waals surface area (Å²) < 4.78 is 2.00. The number of nitrogens with one attached hydrogen (secondary N) is 1. The Hall–Kier alpha value is -1.41. The van der Waals surface area contributed by atoms with Gasteiger partial charge in [0.25, 0.3) is 5.91 Å². The average Bonchev–Trinajstić information content (AvgIpc) is 3.24. The van der Waals surface area contributed by atoms with Crippen molar-refractivity contribution in [2.24, 2.45) is 11.3 Å². The molecule has 1 amide bonds. The maximum absolute atomic E-state index is 12.9. The molecule has 4 heterocycles. The van der Waals surface area contributed by atoms with E-state index < -0.39 is 0 Å². The Morgan fingerprint density at radius 3 is 2.85 bits per heavy atom. The Balaban J connectivity index is 0.00000121. The molecule has 0 aliphatic carbocycles. The van der Waals surface area contributed by atoms with Gasteiger partial charge in [-0.3, -0.25) is 4.79 Å². The number of rotatable bonds is 3. The van der Waals surface area contributed by atoms with E-state index in [9.17, 15) is 9.90 Å². The van der Waals surface area contributed by atoms with E-state index in [1.807, 2.05) is 15.5 Å². The number of likely N-dealkylation sites (tertiary alicyclic amines) is 1. The summed E-state index contributed by atoms with van der Waals surface area (Å²) in [7, 11) is 0. The number of aliphatic hydroxyl groups is 1. The Morgan fingerprint density at radius 2 is 2.19 bits per heavy atom. The molecule has 0 radical (unpaired) electrons. The van der Waals surface area contributed by atoms with Gasteiger partial charge >= 0.3 is 0 Å². The van der Waals surface area contributed by atoms with E-state index in [2.05, 4.69) is 29.1 Å². The van der Waals surface area contributed by atoms with Crippen LogP contribution in [0.5, 0.6) is 0 Å². The monoisotopic (exact) mass is 401 g/mol. The molecular formula is C17H25Cl2N5O2. The molecule has 2 aromatic heterocycles. The molecule has 0 bridgehead atoms. The lowest BCUT2D eigenvalue weighted by molar-refractivity contribution is 0.0745. The maximum Gasteiger partial charge on any atom is 0.255 e. The van der Waals surface area contributed by atoms with Crippen LogP contribution in [-0.2, 0) is 0 Å². The number of aliphatic hydroxyl groups excluding tert-OH is 1. The van der Waals surface area contributed by atoms with Crippen LogP contribution in [0.15, 0.2) is 18.6 Å². The second kappa shape index (κ2) is 7.68. The van der Waals surface area contributed by atoms with Crippen LogP contribution in [-0.4, -0.2) is 63.2 Å². The number of pyridine rings is 1. The Kier molecular flexibility index (Phi) is 6.17. The fraction of sp³-hybridized carbons (Fsp3) is 0.588. The van der Waals surface area contributed by atoms with E-state index in [1.165, 1.54) is 0 Å². The summed E-state index contributed by atoms with van der Waals surface area (Å²) in [6, 6.07) is 2.10. The molecule has 26 heavy (non-hydrogen) atoms. The van der Waals surface area contributed by atoms with Crippen LogP contribution < -0.4 is 5.32 Å². The summed E-state index contributed by atoms with van der Waals surface area (Å²) in [4.78, 5) is 23.6. The van der Waals surface area contributed by atoms with Crippen molar-refractivity contribution in [1.82, 2.24) is 24.8 Å². The van der Waals surface area contributed by atoms with Gasteiger partial charge in [-0.25, -0.2) is 9.97 Å². The largest absolute Gasteiger partial charge is 0.396 e. The number of hydrogen-bond donors (Lipinski definition) is 2. The van der Waals surface area contributed by atoms with Crippen LogP contribution in [0.1, 0.15) is 30.2 Å². The van der Waals surface area contributed by atoms with E-state index >= 15 is 0 Å². The van der Waals surface area contributed by atoms with Crippen molar-refractivity contribution in [3.63, 3.8) is 0 Å². The predicted octanol–water partition coefficient (Wildman–Crippen LogP) is 1.51. The highest BCUT2D eigenvalue weighted by Crippen LogP contribution is 2.39. The van der Waals surface area contributed by atoms with Gasteiger partial charge in [-0.05, 0) is 25.8 Å². The average molecular weight is 402 g/mol. The molecule has 0 aromatic carbocycles. The molecule has 2 N–H and O–H groups in total. The van der Waals surface area contributed by atoms with Gasteiger partial charge in [0.1, 0.15) is 5.52 Å². The molecule has 2 aliphatic heterocycles. The minimum atomic E-state index is -0.188. The zero-order valence-corrected chi connectivity index (χ0v) is 16.5. The second-order valence-electron chi connectivity index (χ2n) is 7.35. The highest BCUT2D eigenvalue weighted by Gasteiger charge is 2.50. The number of nitrogens with zero attached hydrogens (tertiary/aromatic N) is 4. The number of halogens is 2. The molecule has 0 spiro atoms.